The van der Waals surface area contributed by atoms with Gasteiger partial charge in [-0.3, -0.25) is 14.9 Å². The summed E-state index contributed by atoms with van der Waals surface area (Å²) in [7, 11) is 0. The van der Waals surface area contributed by atoms with Gasteiger partial charge in [-0.25, -0.2) is 4.79 Å². The van der Waals surface area contributed by atoms with E-state index in [4.69, 9.17) is 5.11 Å². The van der Waals surface area contributed by atoms with E-state index in [1.54, 1.807) is 6.08 Å². The number of carboxylic acids is 1. The van der Waals surface area contributed by atoms with E-state index in [2.05, 4.69) is 6.58 Å². The lowest BCUT2D eigenvalue weighted by atomic mass is 10.1. The molecule has 2 rings (SSSR count). The second-order valence-electron chi connectivity index (χ2n) is 4.47. The van der Waals surface area contributed by atoms with Crippen molar-refractivity contribution in [2.24, 2.45) is 5.92 Å². The monoisotopic (exact) mass is 276 g/mol. The Morgan fingerprint density at radius 3 is 2.75 bits per heavy atom. The summed E-state index contributed by atoms with van der Waals surface area (Å²) in [4.78, 5) is 34.5. The van der Waals surface area contributed by atoms with Gasteiger partial charge in [0.05, 0.1) is 16.2 Å². The smallest absolute Gasteiger partial charge is 0.338 e. The molecule has 1 amide bonds. The van der Waals surface area contributed by atoms with Crippen molar-refractivity contribution in [1.82, 2.24) is 0 Å². The number of carboxylic acid groups (broad SMARTS) is 1. The topological polar surface area (TPSA) is 101 Å². The zero-order valence-corrected chi connectivity index (χ0v) is 10.5. The minimum absolute atomic E-state index is 0.0423. The Hall–Kier alpha value is -2.70. The number of amides is 1. The summed E-state index contributed by atoms with van der Waals surface area (Å²) in [6, 6.07) is 3.45. The normalized spacial score (nSPS) is 18.1. The van der Waals surface area contributed by atoms with Crippen LogP contribution in [0.5, 0.6) is 0 Å². The second-order valence-corrected chi connectivity index (χ2v) is 4.47. The number of aromatic carboxylic acids is 1. The fourth-order valence-corrected chi connectivity index (χ4v) is 2.17. The highest BCUT2D eigenvalue weighted by Crippen LogP contribution is 2.31. The lowest BCUT2D eigenvalue weighted by Gasteiger charge is -2.18. The number of carbonyl (C=O) groups is 2. The first-order chi connectivity index (χ1) is 9.43. The van der Waals surface area contributed by atoms with E-state index in [0.29, 0.717) is 6.54 Å². The summed E-state index contributed by atoms with van der Waals surface area (Å²) < 4.78 is 0. The van der Waals surface area contributed by atoms with Crippen molar-refractivity contribution in [3.8, 4) is 0 Å². The van der Waals surface area contributed by atoms with E-state index >= 15 is 0 Å². The average molecular weight is 276 g/mol. The number of nitrogens with zero attached hydrogens (tertiary/aromatic N) is 2. The van der Waals surface area contributed by atoms with Gasteiger partial charge in [0.2, 0.25) is 5.91 Å². The van der Waals surface area contributed by atoms with Crippen LogP contribution in [-0.4, -0.2) is 28.5 Å². The molecule has 0 radical (unpaired) electrons. The highest BCUT2D eigenvalue weighted by molar-refractivity contribution is 6.03. The molecule has 7 nitrogen and oxygen atoms in total. The van der Waals surface area contributed by atoms with Gasteiger partial charge in [-0.1, -0.05) is 6.08 Å². The largest absolute Gasteiger partial charge is 0.478 e. The van der Waals surface area contributed by atoms with Crippen LogP contribution in [0.3, 0.4) is 0 Å². The Kier molecular flexibility index (Phi) is 3.51. The van der Waals surface area contributed by atoms with Crippen LogP contribution in [0.25, 0.3) is 0 Å². The predicted molar refractivity (Wildman–Crippen MR) is 70.7 cm³/mol. The highest BCUT2D eigenvalue weighted by atomic mass is 16.6. The molecule has 1 unspecified atom stereocenters. The molecule has 1 aliphatic rings. The highest BCUT2D eigenvalue weighted by Gasteiger charge is 2.31. The van der Waals surface area contributed by atoms with E-state index in [9.17, 15) is 19.7 Å². The molecule has 1 aliphatic heterocycles. The van der Waals surface area contributed by atoms with Gasteiger partial charge in [-0.15, -0.1) is 6.58 Å². The molecule has 1 fully saturated rings. The Bertz CT molecular complexity index is 611. The van der Waals surface area contributed by atoms with Crippen molar-refractivity contribution in [3.63, 3.8) is 0 Å². The number of hydrogen-bond donors (Lipinski definition) is 1. The van der Waals surface area contributed by atoms with E-state index in [-0.39, 0.29) is 35.2 Å². The SMILES string of the molecule is C=CC1CC(=O)N(c2ccc([N+](=O)[O-])cc2C(=O)O)C1. The molecular weight excluding hydrogens is 264 g/mol. The molecule has 0 saturated carbocycles. The molecule has 1 aromatic rings. The summed E-state index contributed by atoms with van der Waals surface area (Å²) >= 11 is 0. The van der Waals surface area contributed by atoms with Crippen molar-refractivity contribution in [3.05, 3.63) is 46.5 Å². The average Bonchev–Trinajstić information content (AvgIpc) is 2.79. The maximum atomic E-state index is 11.9. The van der Waals surface area contributed by atoms with Gasteiger partial charge in [0.1, 0.15) is 0 Å². The lowest BCUT2D eigenvalue weighted by molar-refractivity contribution is -0.384. The Morgan fingerprint density at radius 2 is 2.25 bits per heavy atom. The van der Waals surface area contributed by atoms with Gasteiger partial charge in [-0.05, 0) is 6.07 Å². The number of nitro groups is 1. The molecule has 104 valence electrons. The number of benzene rings is 1. The third-order valence-corrected chi connectivity index (χ3v) is 3.20. The van der Waals surface area contributed by atoms with Crippen LogP contribution >= 0.6 is 0 Å². The molecule has 0 bridgehead atoms. The summed E-state index contributed by atoms with van der Waals surface area (Å²) in [6.45, 7) is 3.95. The zero-order chi connectivity index (χ0) is 14.9. The van der Waals surface area contributed by atoms with Gasteiger partial charge < -0.3 is 10.0 Å². The number of hydrogen-bond acceptors (Lipinski definition) is 4. The van der Waals surface area contributed by atoms with Gasteiger partial charge >= 0.3 is 5.97 Å². The Balaban J connectivity index is 2.46. The molecule has 1 saturated heterocycles. The first-order valence-corrected chi connectivity index (χ1v) is 5.88. The molecule has 1 aromatic carbocycles. The van der Waals surface area contributed by atoms with Crippen LogP contribution in [0.1, 0.15) is 16.8 Å². The van der Waals surface area contributed by atoms with Gasteiger partial charge in [0, 0.05) is 31.0 Å². The van der Waals surface area contributed by atoms with Crippen molar-refractivity contribution in [1.29, 1.82) is 0 Å². The molecule has 1 atom stereocenters. The van der Waals surface area contributed by atoms with Crippen molar-refractivity contribution < 1.29 is 19.6 Å². The molecule has 0 spiro atoms. The van der Waals surface area contributed by atoms with Crippen LogP contribution in [0, 0.1) is 16.0 Å². The van der Waals surface area contributed by atoms with Crippen LogP contribution < -0.4 is 4.90 Å². The minimum atomic E-state index is -1.31. The van der Waals surface area contributed by atoms with Gasteiger partial charge in [-0.2, -0.15) is 0 Å². The molecular formula is C13H12N2O5. The molecule has 1 N–H and O–H groups in total. The summed E-state index contributed by atoms with van der Waals surface area (Å²) in [5.74, 6) is -1.57. The van der Waals surface area contributed by atoms with Crippen molar-refractivity contribution >= 4 is 23.3 Å². The molecule has 20 heavy (non-hydrogen) atoms. The molecule has 0 aromatic heterocycles. The first-order valence-electron chi connectivity index (χ1n) is 5.88. The van der Waals surface area contributed by atoms with Crippen molar-refractivity contribution in [2.75, 3.05) is 11.4 Å². The third kappa shape index (κ3) is 2.37. The standard InChI is InChI=1S/C13H12N2O5/c1-2-8-5-12(16)14(7-8)11-4-3-9(15(19)20)6-10(11)13(17)18/h2-4,6,8H,1,5,7H2,(H,17,18). The quantitative estimate of drug-likeness (QED) is 0.513. The van der Waals surface area contributed by atoms with E-state index in [0.717, 1.165) is 6.07 Å². The zero-order valence-electron chi connectivity index (χ0n) is 10.5. The number of non-ortho nitro benzene ring substituents is 1. The predicted octanol–water partition coefficient (Wildman–Crippen LogP) is 1.83. The maximum Gasteiger partial charge on any atom is 0.338 e. The first kappa shape index (κ1) is 13.7. The minimum Gasteiger partial charge on any atom is -0.478 e. The maximum absolute atomic E-state index is 11.9. The van der Waals surface area contributed by atoms with Crippen LogP contribution in [0.15, 0.2) is 30.9 Å². The summed E-state index contributed by atoms with van der Waals surface area (Å²) in [5, 5.41) is 19.9. The van der Waals surface area contributed by atoms with E-state index < -0.39 is 10.9 Å². The Morgan fingerprint density at radius 1 is 1.55 bits per heavy atom. The molecule has 1 heterocycles. The van der Waals surface area contributed by atoms with E-state index in [1.807, 2.05) is 0 Å². The number of nitro benzene ring substituents is 1. The molecule has 7 heteroatoms. The number of anilines is 1. The fraction of sp³-hybridized carbons (Fsp3) is 0.231. The summed E-state index contributed by atoms with van der Waals surface area (Å²) in [6.07, 6.45) is 1.91. The van der Waals surface area contributed by atoms with Crippen molar-refractivity contribution in [2.45, 2.75) is 6.42 Å². The second kappa shape index (κ2) is 5.12. The molecule has 0 aliphatic carbocycles. The number of rotatable bonds is 4. The van der Waals surface area contributed by atoms with Crippen LogP contribution in [0.4, 0.5) is 11.4 Å². The van der Waals surface area contributed by atoms with E-state index in [1.165, 1.54) is 17.0 Å². The van der Waals surface area contributed by atoms with Crippen LogP contribution in [-0.2, 0) is 4.79 Å². The number of carbonyl (C=O) groups excluding carboxylic acids is 1. The fourth-order valence-electron chi connectivity index (χ4n) is 2.17. The summed E-state index contributed by atoms with van der Waals surface area (Å²) in [5.41, 5.74) is -0.396. The van der Waals surface area contributed by atoms with Gasteiger partial charge in [0.15, 0.2) is 0 Å². The lowest BCUT2D eigenvalue weighted by Crippen LogP contribution is -2.26. The Labute approximate surface area is 114 Å². The van der Waals surface area contributed by atoms with Crippen LogP contribution in [0.2, 0.25) is 0 Å². The van der Waals surface area contributed by atoms with Gasteiger partial charge in [0.25, 0.3) is 5.69 Å². The third-order valence-electron chi connectivity index (χ3n) is 3.20.